The number of hydrogen-bond acceptors (Lipinski definition) is 7. The maximum absolute atomic E-state index is 14.1. The van der Waals surface area contributed by atoms with E-state index in [1.807, 2.05) is 13.8 Å². The summed E-state index contributed by atoms with van der Waals surface area (Å²) in [5.41, 5.74) is 0.909. The normalized spacial score (nSPS) is 21.3. The molecular formula is C30H43FN4O7S. The second-order valence-electron chi connectivity index (χ2n) is 11.1. The summed E-state index contributed by atoms with van der Waals surface area (Å²) >= 11 is 0. The molecule has 0 fully saturated rings. The molecule has 3 rings (SSSR count). The first-order valence-electron chi connectivity index (χ1n) is 14.4. The van der Waals surface area contributed by atoms with Crippen LogP contribution in [0.4, 0.5) is 20.6 Å². The smallest absolute Gasteiger partial charge is 0.323 e. The second kappa shape index (κ2) is 15.5. The first kappa shape index (κ1) is 34.2. The van der Waals surface area contributed by atoms with Crippen molar-refractivity contribution in [2.24, 2.45) is 5.92 Å². The predicted octanol–water partition coefficient (Wildman–Crippen LogP) is 4.16. The van der Waals surface area contributed by atoms with Gasteiger partial charge in [0.25, 0.3) is 5.91 Å². The molecule has 2 aromatic rings. The molecule has 1 aliphatic heterocycles. The van der Waals surface area contributed by atoms with E-state index in [4.69, 9.17) is 9.47 Å². The summed E-state index contributed by atoms with van der Waals surface area (Å²) in [6, 6.07) is 8.91. The number of halogens is 1. The van der Waals surface area contributed by atoms with Crippen LogP contribution in [0, 0.1) is 11.7 Å². The maximum atomic E-state index is 14.1. The van der Waals surface area contributed by atoms with Crippen LogP contribution in [0.2, 0.25) is 0 Å². The molecule has 0 bridgehead atoms. The van der Waals surface area contributed by atoms with Gasteiger partial charge in [0.05, 0.1) is 36.7 Å². The highest BCUT2D eigenvalue weighted by molar-refractivity contribution is 7.88. The van der Waals surface area contributed by atoms with Crippen LogP contribution in [-0.4, -0.2) is 92.5 Å². The Hall–Kier alpha value is -3.26. The van der Waals surface area contributed by atoms with E-state index in [0.29, 0.717) is 30.2 Å². The number of benzene rings is 2. The van der Waals surface area contributed by atoms with Gasteiger partial charge >= 0.3 is 6.03 Å². The van der Waals surface area contributed by atoms with Crippen LogP contribution >= 0.6 is 0 Å². The molecule has 238 valence electrons. The van der Waals surface area contributed by atoms with Crippen LogP contribution in [0.1, 0.15) is 50.4 Å². The molecule has 0 aliphatic carbocycles. The monoisotopic (exact) mass is 622 g/mol. The number of sulfonamides is 1. The quantitative estimate of drug-likeness (QED) is 0.422. The lowest BCUT2D eigenvalue weighted by Gasteiger charge is -2.35. The molecule has 3 N–H and O–H groups in total. The fourth-order valence-electron chi connectivity index (χ4n) is 4.68. The minimum absolute atomic E-state index is 0.114. The Morgan fingerprint density at radius 1 is 1.14 bits per heavy atom. The summed E-state index contributed by atoms with van der Waals surface area (Å²) in [5, 5.41) is 15.4. The number of carbonyl (C=O) groups is 2. The number of nitrogens with one attached hydrogen (secondary N) is 2. The van der Waals surface area contributed by atoms with Crippen molar-refractivity contribution in [2.45, 2.75) is 58.3 Å². The van der Waals surface area contributed by atoms with Crippen molar-refractivity contribution in [1.29, 1.82) is 0 Å². The number of amides is 3. The Bertz CT molecular complexity index is 1340. The third-order valence-electron chi connectivity index (χ3n) is 7.41. The van der Waals surface area contributed by atoms with E-state index in [9.17, 15) is 27.5 Å². The first-order valence-corrected chi connectivity index (χ1v) is 16.2. The molecule has 0 aromatic heterocycles. The molecule has 1 aliphatic rings. The SMILES string of the molecule is C[C@@H]1CCCCO[C@@H](CN(C)S(C)(=O)=O)[C@H](C)CN([C@@H](C)CO)C(=O)c2cc(NC(=O)Nc3ccc(F)cc3)ccc2O1. The van der Waals surface area contributed by atoms with E-state index >= 15 is 0 Å². The van der Waals surface area contributed by atoms with Crippen molar-refractivity contribution in [3.05, 3.63) is 53.8 Å². The number of carbonyl (C=O) groups excluding carboxylic acids is 2. The number of aliphatic hydroxyl groups excluding tert-OH is 1. The Morgan fingerprint density at radius 3 is 2.44 bits per heavy atom. The average molecular weight is 623 g/mol. The minimum Gasteiger partial charge on any atom is -0.490 e. The zero-order valence-electron chi connectivity index (χ0n) is 25.4. The van der Waals surface area contributed by atoms with E-state index in [1.54, 1.807) is 19.1 Å². The third kappa shape index (κ3) is 10.2. The lowest BCUT2D eigenvalue weighted by molar-refractivity contribution is -0.00828. The van der Waals surface area contributed by atoms with Gasteiger partial charge in [0.1, 0.15) is 11.6 Å². The van der Waals surface area contributed by atoms with Gasteiger partial charge in [-0.1, -0.05) is 6.92 Å². The highest BCUT2D eigenvalue weighted by atomic mass is 32.2. The first-order chi connectivity index (χ1) is 20.3. The van der Waals surface area contributed by atoms with Crippen LogP contribution in [0.3, 0.4) is 0 Å². The number of rotatable bonds is 7. The second-order valence-corrected chi connectivity index (χ2v) is 13.2. The molecule has 1 heterocycles. The zero-order valence-corrected chi connectivity index (χ0v) is 26.2. The highest BCUT2D eigenvalue weighted by Gasteiger charge is 2.31. The van der Waals surface area contributed by atoms with Gasteiger partial charge in [-0.3, -0.25) is 4.79 Å². The summed E-state index contributed by atoms with van der Waals surface area (Å²) in [6.45, 7) is 5.90. The lowest BCUT2D eigenvalue weighted by atomic mass is 10.0. The standard InChI is InChI=1S/C30H43FN4O7S/c1-20-17-35(21(2)19-36)29(37)26-16-25(33-30(38)32-24-11-9-23(31)10-12-24)13-14-27(26)42-22(3)8-6-7-15-41-28(20)18-34(4)43(5,39)40/h9-14,16,20-22,28,36H,6-8,15,17-19H2,1-5H3,(H2,32,33,38)/t20-,21+,22-,28+/m1/s1. The minimum atomic E-state index is -3.46. The van der Waals surface area contributed by atoms with Gasteiger partial charge in [0.2, 0.25) is 10.0 Å². The van der Waals surface area contributed by atoms with Crippen molar-refractivity contribution in [3.8, 4) is 5.75 Å². The van der Waals surface area contributed by atoms with Gasteiger partial charge in [-0.25, -0.2) is 21.9 Å². The van der Waals surface area contributed by atoms with Crippen molar-refractivity contribution < 1.29 is 37.0 Å². The van der Waals surface area contributed by atoms with E-state index in [-0.39, 0.29) is 37.3 Å². The molecule has 3 amide bonds. The van der Waals surface area contributed by atoms with Crippen LogP contribution in [0.5, 0.6) is 5.75 Å². The van der Waals surface area contributed by atoms with Gasteiger partial charge < -0.3 is 30.1 Å². The largest absolute Gasteiger partial charge is 0.490 e. The van der Waals surface area contributed by atoms with Crippen molar-refractivity contribution in [1.82, 2.24) is 9.21 Å². The molecule has 43 heavy (non-hydrogen) atoms. The van der Waals surface area contributed by atoms with Gasteiger partial charge in [0, 0.05) is 44.0 Å². The number of fused-ring (bicyclic) bond motifs is 1. The average Bonchev–Trinajstić information content (AvgIpc) is 2.95. The number of urea groups is 1. The van der Waals surface area contributed by atoms with E-state index in [1.165, 1.54) is 46.6 Å². The van der Waals surface area contributed by atoms with Crippen LogP contribution in [0.25, 0.3) is 0 Å². The fraction of sp³-hybridized carbons (Fsp3) is 0.533. The molecule has 0 radical (unpaired) electrons. The van der Waals surface area contributed by atoms with E-state index in [2.05, 4.69) is 10.6 Å². The molecule has 2 aromatic carbocycles. The van der Waals surface area contributed by atoms with Crippen molar-refractivity contribution in [3.63, 3.8) is 0 Å². The molecule has 13 heteroatoms. The number of ether oxygens (including phenoxy) is 2. The summed E-state index contributed by atoms with van der Waals surface area (Å²) in [4.78, 5) is 28.3. The Morgan fingerprint density at radius 2 is 1.79 bits per heavy atom. The van der Waals surface area contributed by atoms with Crippen LogP contribution in [-0.2, 0) is 14.8 Å². The summed E-state index contributed by atoms with van der Waals surface area (Å²) < 4.78 is 51.1. The summed E-state index contributed by atoms with van der Waals surface area (Å²) in [6.07, 6.45) is 2.63. The highest BCUT2D eigenvalue weighted by Crippen LogP contribution is 2.28. The summed E-state index contributed by atoms with van der Waals surface area (Å²) in [7, 11) is -1.96. The summed E-state index contributed by atoms with van der Waals surface area (Å²) in [5.74, 6) is -0.811. The Balaban J connectivity index is 1.94. The lowest BCUT2D eigenvalue weighted by Crippen LogP contribution is -2.47. The molecule has 4 atom stereocenters. The van der Waals surface area contributed by atoms with E-state index < -0.39 is 39.9 Å². The van der Waals surface area contributed by atoms with Crippen molar-refractivity contribution >= 4 is 33.3 Å². The predicted molar refractivity (Wildman–Crippen MR) is 163 cm³/mol. The molecule has 0 saturated carbocycles. The topological polar surface area (TPSA) is 138 Å². The molecule has 0 spiro atoms. The maximum Gasteiger partial charge on any atom is 0.323 e. The fourth-order valence-corrected chi connectivity index (χ4v) is 5.10. The molecular weight excluding hydrogens is 579 g/mol. The number of likely N-dealkylation sites (N-methyl/N-ethyl adjacent to an activating group) is 1. The van der Waals surface area contributed by atoms with E-state index in [0.717, 1.165) is 19.1 Å². The van der Waals surface area contributed by atoms with Gasteiger partial charge in [0.15, 0.2) is 0 Å². The molecule has 11 nitrogen and oxygen atoms in total. The van der Waals surface area contributed by atoms with Gasteiger partial charge in [-0.15, -0.1) is 0 Å². The van der Waals surface area contributed by atoms with Crippen molar-refractivity contribution in [2.75, 3.05) is 50.2 Å². The number of nitrogens with zero attached hydrogens (tertiary/aromatic N) is 2. The Labute approximate surface area is 253 Å². The van der Waals surface area contributed by atoms with Crippen LogP contribution in [0.15, 0.2) is 42.5 Å². The molecule has 0 saturated heterocycles. The number of anilines is 2. The zero-order chi connectivity index (χ0) is 31.7. The van der Waals surface area contributed by atoms with Crippen LogP contribution < -0.4 is 15.4 Å². The Kier molecular flexibility index (Phi) is 12.3. The number of hydrogen-bond donors (Lipinski definition) is 3. The van der Waals surface area contributed by atoms with Gasteiger partial charge in [-0.05, 0) is 75.6 Å². The third-order valence-corrected chi connectivity index (χ3v) is 8.70. The number of aliphatic hydroxyl groups is 1. The molecule has 0 unspecified atom stereocenters. The van der Waals surface area contributed by atoms with Gasteiger partial charge in [-0.2, -0.15) is 0 Å².